The Morgan fingerprint density at radius 2 is 2.31 bits per heavy atom. The third kappa shape index (κ3) is 2.04. The number of amides is 1. The number of hydrogen-bond donors (Lipinski definition) is 2. The zero-order chi connectivity index (χ0) is 11.5. The lowest BCUT2D eigenvalue weighted by Gasteiger charge is -2.03. The minimum absolute atomic E-state index is 0.0907. The molecular formula is C10H7ClFN3O. The van der Waals surface area contributed by atoms with Gasteiger partial charge in [0, 0.05) is 12.4 Å². The fraction of sp³-hybridized carbons (Fsp3) is 0. The van der Waals surface area contributed by atoms with E-state index >= 15 is 0 Å². The molecule has 0 fully saturated rings. The van der Waals surface area contributed by atoms with Gasteiger partial charge in [-0.2, -0.15) is 0 Å². The smallest absolute Gasteiger partial charge is 0.260 e. The number of halogens is 2. The maximum absolute atomic E-state index is 13.5. The molecule has 0 saturated carbocycles. The molecule has 1 heterocycles. The van der Waals surface area contributed by atoms with Gasteiger partial charge >= 0.3 is 0 Å². The van der Waals surface area contributed by atoms with Gasteiger partial charge in [0.25, 0.3) is 5.91 Å². The fourth-order valence-electron chi connectivity index (χ4n) is 1.19. The van der Waals surface area contributed by atoms with E-state index in [0.717, 1.165) is 0 Å². The predicted octanol–water partition coefficient (Wildman–Crippen LogP) is 2.45. The van der Waals surface area contributed by atoms with Gasteiger partial charge < -0.3 is 4.98 Å². The van der Waals surface area contributed by atoms with Crippen LogP contribution in [-0.2, 0) is 0 Å². The summed E-state index contributed by atoms with van der Waals surface area (Å²) in [5.41, 5.74) is -0.121. The summed E-state index contributed by atoms with van der Waals surface area (Å²) in [5.74, 6) is -1.09. The van der Waals surface area contributed by atoms with Gasteiger partial charge in [-0.05, 0) is 12.1 Å². The van der Waals surface area contributed by atoms with Crippen LogP contribution in [0.25, 0.3) is 0 Å². The molecule has 0 saturated heterocycles. The Bertz CT molecular complexity index is 513. The molecule has 82 valence electrons. The molecule has 1 aromatic carbocycles. The minimum Gasteiger partial charge on any atom is -0.331 e. The Morgan fingerprint density at radius 3 is 3.00 bits per heavy atom. The van der Waals surface area contributed by atoms with Crippen LogP contribution in [0, 0.1) is 5.82 Å². The molecule has 2 aromatic rings. The van der Waals surface area contributed by atoms with Crippen LogP contribution >= 0.6 is 11.6 Å². The van der Waals surface area contributed by atoms with E-state index in [0.29, 0.717) is 0 Å². The quantitative estimate of drug-likeness (QED) is 0.846. The molecule has 0 bridgehead atoms. The van der Waals surface area contributed by atoms with Gasteiger partial charge in [-0.3, -0.25) is 10.1 Å². The van der Waals surface area contributed by atoms with Crippen molar-refractivity contribution in [3.63, 3.8) is 0 Å². The lowest BCUT2D eigenvalue weighted by atomic mass is 10.2. The number of nitrogens with zero attached hydrogens (tertiary/aromatic N) is 1. The summed E-state index contributed by atoms with van der Waals surface area (Å²) in [6.07, 6.45) is 3.02. The number of anilines is 1. The number of imidazole rings is 1. The predicted molar refractivity (Wildman–Crippen MR) is 58.0 cm³/mol. The van der Waals surface area contributed by atoms with Crippen LogP contribution in [0.15, 0.2) is 30.6 Å². The minimum atomic E-state index is -0.742. The number of nitrogens with one attached hydrogen (secondary N) is 2. The first-order valence-corrected chi connectivity index (χ1v) is 4.81. The number of hydrogen-bond acceptors (Lipinski definition) is 2. The molecule has 0 atom stereocenters. The number of aromatic nitrogens is 2. The average Bonchev–Trinajstić information content (AvgIpc) is 2.74. The molecule has 1 aromatic heterocycles. The van der Waals surface area contributed by atoms with Crippen LogP contribution < -0.4 is 5.32 Å². The van der Waals surface area contributed by atoms with Gasteiger partial charge in [0.2, 0.25) is 5.95 Å². The van der Waals surface area contributed by atoms with Crippen molar-refractivity contribution in [1.82, 2.24) is 9.97 Å². The molecule has 0 radical (unpaired) electrons. The Morgan fingerprint density at radius 1 is 1.50 bits per heavy atom. The Balaban J connectivity index is 2.24. The van der Waals surface area contributed by atoms with Gasteiger partial charge in [0.15, 0.2) is 5.82 Å². The molecular weight excluding hydrogens is 233 g/mol. The second-order valence-electron chi connectivity index (χ2n) is 2.99. The largest absolute Gasteiger partial charge is 0.331 e. The molecule has 2 rings (SSSR count). The average molecular weight is 240 g/mol. The van der Waals surface area contributed by atoms with Crippen molar-refractivity contribution < 1.29 is 9.18 Å². The first-order chi connectivity index (χ1) is 7.68. The zero-order valence-electron chi connectivity index (χ0n) is 8.00. The van der Waals surface area contributed by atoms with Gasteiger partial charge in [-0.1, -0.05) is 17.7 Å². The van der Waals surface area contributed by atoms with Gasteiger partial charge in [-0.15, -0.1) is 0 Å². The van der Waals surface area contributed by atoms with Gasteiger partial charge in [-0.25, -0.2) is 9.37 Å². The molecule has 4 nitrogen and oxygen atoms in total. The molecule has 0 aliphatic carbocycles. The Labute approximate surface area is 95.5 Å². The number of rotatable bonds is 2. The van der Waals surface area contributed by atoms with Crippen molar-refractivity contribution in [2.24, 2.45) is 0 Å². The Hall–Kier alpha value is -1.88. The molecule has 0 unspecified atom stereocenters. The van der Waals surface area contributed by atoms with Gasteiger partial charge in [0.1, 0.15) is 0 Å². The monoisotopic (exact) mass is 239 g/mol. The number of aromatic amines is 1. The molecule has 0 aliphatic rings. The molecule has 16 heavy (non-hydrogen) atoms. The van der Waals surface area contributed by atoms with E-state index in [4.69, 9.17) is 11.6 Å². The van der Waals surface area contributed by atoms with E-state index in [1.807, 2.05) is 0 Å². The summed E-state index contributed by atoms with van der Waals surface area (Å²) in [6.45, 7) is 0. The number of H-pyrrole nitrogens is 1. The highest BCUT2D eigenvalue weighted by molar-refractivity contribution is 6.31. The summed E-state index contributed by atoms with van der Waals surface area (Å²) in [6, 6.07) is 4.22. The lowest BCUT2D eigenvalue weighted by molar-refractivity contribution is 0.102. The Kier molecular flexibility index (Phi) is 2.87. The second kappa shape index (κ2) is 4.32. The van der Waals surface area contributed by atoms with E-state index in [9.17, 15) is 9.18 Å². The molecule has 6 heteroatoms. The van der Waals surface area contributed by atoms with Crippen molar-refractivity contribution in [2.75, 3.05) is 5.32 Å². The van der Waals surface area contributed by atoms with Crippen molar-refractivity contribution in [3.8, 4) is 0 Å². The number of carbonyl (C=O) groups excluding carboxylic acids is 1. The summed E-state index contributed by atoms with van der Waals surface area (Å²) < 4.78 is 13.5. The van der Waals surface area contributed by atoms with Crippen molar-refractivity contribution in [2.45, 2.75) is 0 Å². The summed E-state index contributed by atoms with van der Waals surface area (Å²) in [4.78, 5) is 18.1. The topological polar surface area (TPSA) is 57.8 Å². The first kappa shape index (κ1) is 10.6. The number of carbonyl (C=O) groups is 1. The fourth-order valence-corrected chi connectivity index (χ4v) is 1.36. The molecule has 2 N–H and O–H groups in total. The lowest BCUT2D eigenvalue weighted by Crippen LogP contribution is -2.14. The number of benzene rings is 1. The van der Waals surface area contributed by atoms with Crippen LogP contribution in [0.4, 0.5) is 10.3 Å². The third-order valence-electron chi connectivity index (χ3n) is 1.93. The zero-order valence-corrected chi connectivity index (χ0v) is 8.75. The maximum Gasteiger partial charge on any atom is 0.260 e. The first-order valence-electron chi connectivity index (χ1n) is 4.43. The van der Waals surface area contributed by atoms with Crippen molar-refractivity contribution >= 4 is 23.5 Å². The van der Waals surface area contributed by atoms with E-state index in [1.54, 1.807) is 6.20 Å². The van der Waals surface area contributed by atoms with E-state index in [2.05, 4.69) is 15.3 Å². The third-order valence-corrected chi connectivity index (χ3v) is 2.22. The highest BCUT2D eigenvalue weighted by atomic mass is 35.5. The van der Waals surface area contributed by atoms with E-state index in [-0.39, 0.29) is 16.5 Å². The van der Waals surface area contributed by atoms with Crippen LogP contribution in [0.3, 0.4) is 0 Å². The SMILES string of the molecule is O=C(Nc1ncc[nH]1)c1cccc(Cl)c1F. The van der Waals surface area contributed by atoms with E-state index in [1.165, 1.54) is 24.4 Å². The van der Waals surface area contributed by atoms with Crippen LogP contribution in [0.1, 0.15) is 10.4 Å². The standard InChI is InChI=1S/C10H7ClFN3O/c11-7-3-1-2-6(8(7)12)9(16)15-10-13-4-5-14-10/h1-5H,(H2,13,14,15,16). The highest BCUT2D eigenvalue weighted by Gasteiger charge is 2.14. The van der Waals surface area contributed by atoms with E-state index < -0.39 is 11.7 Å². The molecule has 0 spiro atoms. The van der Waals surface area contributed by atoms with Crippen molar-refractivity contribution in [3.05, 3.63) is 47.0 Å². The summed E-state index contributed by atoms with van der Waals surface area (Å²) >= 11 is 5.56. The van der Waals surface area contributed by atoms with Gasteiger partial charge in [0.05, 0.1) is 10.6 Å². The second-order valence-corrected chi connectivity index (χ2v) is 3.40. The summed E-state index contributed by atoms with van der Waals surface area (Å²) in [5, 5.41) is 2.31. The van der Waals surface area contributed by atoms with Crippen LogP contribution in [-0.4, -0.2) is 15.9 Å². The normalized spacial score (nSPS) is 10.1. The highest BCUT2D eigenvalue weighted by Crippen LogP contribution is 2.18. The summed E-state index contributed by atoms with van der Waals surface area (Å²) in [7, 11) is 0. The van der Waals surface area contributed by atoms with Crippen LogP contribution in [0.5, 0.6) is 0 Å². The molecule has 0 aliphatic heterocycles. The maximum atomic E-state index is 13.5. The van der Waals surface area contributed by atoms with Crippen molar-refractivity contribution in [1.29, 1.82) is 0 Å². The molecule has 1 amide bonds. The van der Waals surface area contributed by atoms with Crippen LogP contribution in [0.2, 0.25) is 5.02 Å².